The predicted molar refractivity (Wildman–Crippen MR) is 106 cm³/mol. The van der Waals surface area contributed by atoms with Gasteiger partial charge in [0.2, 0.25) is 5.89 Å². The minimum Gasteiger partial charge on any atom is -0.411 e. The molecule has 26 heavy (non-hydrogen) atoms. The van der Waals surface area contributed by atoms with Crippen molar-refractivity contribution in [2.45, 2.75) is 30.9 Å². The zero-order valence-electron chi connectivity index (χ0n) is 14.1. The number of Topliss-reactive ketones (excluding diaryl/α,β-unsaturated/α-hetero) is 1. The number of hydrogen-bond donors (Lipinski definition) is 0. The van der Waals surface area contributed by atoms with Crippen LogP contribution in [0.15, 0.2) is 56.6 Å². The average Bonchev–Trinajstić information content (AvgIpc) is 3.15. The lowest BCUT2D eigenvalue weighted by atomic mass is 9.90. The summed E-state index contributed by atoms with van der Waals surface area (Å²) in [5.41, 5.74) is 4.32. The number of aromatic nitrogens is 2. The molecule has 132 valence electrons. The molecule has 0 fully saturated rings. The molecule has 0 amide bonds. The molecule has 0 atom stereocenters. The highest BCUT2D eigenvalue weighted by atomic mass is 79.9. The van der Waals surface area contributed by atoms with Crippen molar-refractivity contribution in [2.75, 3.05) is 5.75 Å². The van der Waals surface area contributed by atoms with Crippen LogP contribution in [0.4, 0.5) is 0 Å². The number of carbonyl (C=O) groups is 1. The van der Waals surface area contributed by atoms with Gasteiger partial charge in [-0.1, -0.05) is 45.9 Å². The van der Waals surface area contributed by atoms with Crippen molar-refractivity contribution in [3.05, 3.63) is 63.6 Å². The van der Waals surface area contributed by atoms with Crippen LogP contribution in [0.1, 0.15) is 34.3 Å². The number of ketones is 1. The molecule has 0 radical (unpaired) electrons. The molecule has 0 saturated carbocycles. The number of carbonyl (C=O) groups excluding carboxylic acids is 1. The largest absolute Gasteiger partial charge is 0.411 e. The Morgan fingerprint density at radius 3 is 2.77 bits per heavy atom. The molecule has 0 N–H and O–H groups in total. The summed E-state index contributed by atoms with van der Waals surface area (Å²) in [5.74, 6) is 0.833. The first-order valence-electron chi connectivity index (χ1n) is 8.56. The molecule has 0 bridgehead atoms. The number of thioether (sulfide) groups is 1. The van der Waals surface area contributed by atoms with E-state index in [2.05, 4.69) is 38.3 Å². The van der Waals surface area contributed by atoms with Crippen molar-refractivity contribution in [2.24, 2.45) is 0 Å². The van der Waals surface area contributed by atoms with E-state index in [1.807, 2.05) is 30.3 Å². The molecule has 4 nitrogen and oxygen atoms in total. The maximum absolute atomic E-state index is 12.5. The summed E-state index contributed by atoms with van der Waals surface area (Å²) < 4.78 is 6.62. The van der Waals surface area contributed by atoms with E-state index in [0.29, 0.717) is 16.9 Å². The Kier molecular flexibility index (Phi) is 5.22. The molecular weight excluding hydrogens is 412 g/mol. The van der Waals surface area contributed by atoms with E-state index in [-0.39, 0.29) is 5.78 Å². The number of halogens is 1. The van der Waals surface area contributed by atoms with Crippen molar-refractivity contribution < 1.29 is 9.21 Å². The van der Waals surface area contributed by atoms with Gasteiger partial charge in [0, 0.05) is 15.6 Å². The van der Waals surface area contributed by atoms with Crippen molar-refractivity contribution in [3.63, 3.8) is 0 Å². The zero-order valence-corrected chi connectivity index (χ0v) is 16.5. The summed E-state index contributed by atoms with van der Waals surface area (Å²) in [5, 5.41) is 8.51. The van der Waals surface area contributed by atoms with Gasteiger partial charge in [-0.2, -0.15) is 0 Å². The average molecular weight is 429 g/mol. The van der Waals surface area contributed by atoms with E-state index in [1.54, 1.807) is 0 Å². The third-order valence-corrected chi connectivity index (χ3v) is 5.79. The number of aryl methyl sites for hydroxylation is 2. The second-order valence-electron chi connectivity index (χ2n) is 6.29. The summed E-state index contributed by atoms with van der Waals surface area (Å²) >= 11 is 4.71. The first-order chi connectivity index (χ1) is 12.7. The Hall–Kier alpha value is -1.92. The molecule has 3 aromatic rings. The molecule has 0 saturated heterocycles. The van der Waals surface area contributed by atoms with E-state index >= 15 is 0 Å². The van der Waals surface area contributed by atoms with Crippen LogP contribution in [0.2, 0.25) is 0 Å². The summed E-state index contributed by atoms with van der Waals surface area (Å²) in [4.78, 5) is 12.5. The second-order valence-corrected chi connectivity index (χ2v) is 8.13. The number of hydrogen-bond acceptors (Lipinski definition) is 5. The van der Waals surface area contributed by atoms with Gasteiger partial charge in [-0.3, -0.25) is 4.79 Å². The third-order valence-electron chi connectivity index (χ3n) is 4.48. The Morgan fingerprint density at radius 2 is 1.92 bits per heavy atom. The fraction of sp³-hybridized carbons (Fsp3) is 0.250. The van der Waals surface area contributed by atoms with E-state index in [9.17, 15) is 4.79 Å². The molecule has 1 aliphatic carbocycles. The van der Waals surface area contributed by atoms with Crippen LogP contribution in [0.5, 0.6) is 0 Å². The van der Waals surface area contributed by atoms with Crippen LogP contribution in [0.25, 0.3) is 11.5 Å². The van der Waals surface area contributed by atoms with Gasteiger partial charge in [-0.05, 0) is 61.1 Å². The van der Waals surface area contributed by atoms with Gasteiger partial charge in [-0.15, -0.1) is 10.2 Å². The highest BCUT2D eigenvalue weighted by Crippen LogP contribution is 2.27. The number of nitrogens with zero attached hydrogens (tertiary/aromatic N) is 2. The highest BCUT2D eigenvalue weighted by Gasteiger charge is 2.15. The first-order valence-corrected chi connectivity index (χ1v) is 10.3. The SMILES string of the molecule is O=C(CSc1nnc(-c2cccc(Br)c2)o1)c1ccc2c(c1)CCCC2. The Labute approximate surface area is 164 Å². The van der Waals surface area contributed by atoms with Gasteiger partial charge < -0.3 is 4.42 Å². The summed E-state index contributed by atoms with van der Waals surface area (Å²) in [6, 6.07) is 13.8. The predicted octanol–water partition coefficient (Wildman–Crippen LogP) is 5.35. The minimum absolute atomic E-state index is 0.0885. The van der Waals surface area contributed by atoms with E-state index < -0.39 is 0 Å². The maximum Gasteiger partial charge on any atom is 0.277 e. The molecule has 1 heterocycles. The summed E-state index contributed by atoms with van der Waals surface area (Å²) in [7, 11) is 0. The van der Waals surface area contributed by atoms with Crippen molar-refractivity contribution >= 4 is 33.5 Å². The number of fused-ring (bicyclic) bond motifs is 1. The lowest BCUT2D eigenvalue weighted by molar-refractivity contribution is 0.102. The molecule has 1 aromatic heterocycles. The first kappa shape index (κ1) is 17.5. The molecule has 6 heteroatoms. The molecule has 0 aliphatic heterocycles. The fourth-order valence-electron chi connectivity index (χ4n) is 3.12. The van der Waals surface area contributed by atoms with Crippen LogP contribution >= 0.6 is 27.7 Å². The van der Waals surface area contributed by atoms with Gasteiger partial charge in [-0.25, -0.2) is 0 Å². The van der Waals surface area contributed by atoms with Gasteiger partial charge in [0.15, 0.2) is 5.78 Å². The number of benzene rings is 2. The van der Waals surface area contributed by atoms with Gasteiger partial charge in [0.05, 0.1) is 5.75 Å². The lowest BCUT2D eigenvalue weighted by Crippen LogP contribution is -2.07. The molecule has 0 unspecified atom stereocenters. The minimum atomic E-state index is 0.0885. The molecule has 1 aliphatic rings. The van der Waals surface area contributed by atoms with Crippen LogP contribution in [-0.4, -0.2) is 21.7 Å². The zero-order chi connectivity index (χ0) is 17.9. The van der Waals surface area contributed by atoms with Gasteiger partial charge in [0.1, 0.15) is 0 Å². The topological polar surface area (TPSA) is 56.0 Å². The van der Waals surface area contributed by atoms with Gasteiger partial charge in [0.25, 0.3) is 5.22 Å². The van der Waals surface area contributed by atoms with E-state index in [4.69, 9.17) is 4.42 Å². The number of rotatable bonds is 5. The second kappa shape index (κ2) is 7.76. The van der Waals surface area contributed by atoms with Crippen molar-refractivity contribution in [1.82, 2.24) is 10.2 Å². The Balaban J connectivity index is 1.42. The lowest BCUT2D eigenvalue weighted by Gasteiger charge is -2.16. The Morgan fingerprint density at radius 1 is 1.08 bits per heavy atom. The van der Waals surface area contributed by atoms with E-state index in [1.165, 1.54) is 35.7 Å². The van der Waals surface area contributed by atoms with Crippen LogP contribution in [0.3, 0.4) is 0 Å². The monoisotopic (exact) mass is 428 g/mol. The highest BCUT2D eigenvalue weighted by molar-refractivity contribution is 9.10. The third kappa shape index (κ3) is 3.91. The van der Waals surface area contributed by atoms with E-state index in [0.717, 1.165) is 28.4 Å². The van der Waals surface area contributed by atoms with Crippen LogP contribution in [-0.2, 0) is 12.8 Å². The van der Waals surface area contributed by atoms with Crippen LogP contribution < -0.4 is 0 Å². The molecule has 2 aromatic carbocycles. The maximum atomic E-state index is 12.5. The van der Waals surface area contributed by atoms with Crippen molar-refractivity contribution in [1.29, 1.82) is 0 Å². The molecular formula is C20H17BrN2O2S. The quantitative estimate of drug-likeness (QED) is 0.404. The molecule has 4 rings (SSSR count). The normalized spacial score (nSPS) is 13.4. The molecule has 0 spiro atoms. The Bertz CT molecular complexity index is 954. The van der Waals surface area contributed by atoms with Crippen LogP contribution in [0, 0.1) is 0 Å². The standard InChI is InChI=1S/C20H17BrN2O2S/c21-17-7-3-6-16(11-17)19-22-23-20(25-19)26-12-18(24)15-9-8-13-4-1-2-5-14(13)10-15/h3,6-11H,1-2,4-5,12H2. The summed E-state index contributed by atoms with van der Waals surface area (Å²) in [6.45, 7) is 0. The van der Waals surface area contributed by atoms with Crippen molar-refractivity contribution in [3.8, 4) is 11.5 Å². The smallest absolute Gasteiger partial charge is 0.277 e. The fourth-order valence-corrected chi connectivity index (χ4v) is 4.18. The van der Waals surface area contributed by atoms with Gasteiger partial charge >= 0.3 is 0 Å². The summed E-state index contributed by atoms with van der Waals surface area (Å²) in [6.07, 6.45) is 4.65.